The summed E-state index contributed by atoms with van der Waals surface area (Å²) >= 11 is 0. The van der Waals surface area contributed by atoms with E-state index in [1.807, 2.05) is 26.0 Å². The summed E-state index contributed by atoms with van der Waals surface area (Å²) in [5, 5.41) is 7.40. The lowest BCUT2D eigenvalue weighted by Gasteiger charge is -2.33. The normalized spacial score (nSPS) is 16.5. The van der Waals surface area contributed by atoms with E-state index in [4.69, 9.17) is 0 Å². The first-order chi connectivity index (χ1) is 15.7. The fourth-order valence-corrected chi connectivity index (χ4v) is 4.56. The molecule has 0 bridgehead atoms. The summed E-state index contributed by atoms with van der Waals surface area (Å²) in [6.07, 6.45) is 4.22. The molecule has 1 fully saturated rings. The van der Waals surface area contributed by atoms with Crippen molar-refractivity contribution in [3.8, 4) is 5.82 Å². The predicted molar refractivity (Wildman–Crippen MR) is 127 cm³/mol. The van der Waals surface area contributed by atoms with Crippen LogP contribution in [0.3, 0.4) is 0 Å². The molecule has 0 radical (unpaired) electrons. The summed E-state index contributed by atoms with van der Waals surface area (Å²) in [5.41, 5.74) is 2.84. The second-order valence-corrected chi connectivity index (χ2v) is 10.1. The first kappa shape index (κ1) is 22.7. The highest BCUT2D eigenvalue weighted by Gasteiger charge is 2.27. The quantitative estimate of drug-likeness (QED) is 0.569. The summed E-state index contributed by atoms with van der Waals surface area (Å²) in [6.45, 7) is 5.24. The van der Waals surface area contributed by atoms with Crippen LogP contribution in [0.2, 0.25) is 0 Å². The molecule has 1 atom stereocenters. The number of aromatic nitrogens is 4. The molecule has 11 heteroatoms. The van der Waals surface area contributed by atoms with Crippen LogP contribution in [0.25, 0.3) is 5.82 Å². The molecule has 174 valence electrons. The molecule has 0 aliphatic carbocycles. The van der Waals surface area contributed by atoms with Crippen LogP contribution in [0, 0.1) is 19.8 Å². The molecule has 1 unspecified atom stereocenters. The van der Waals surface area contributed by atoms with Crippen molar-refractivity contribution < 1.29 is 13.2 Å². The molecule has 3 aromatic rings. The van der Waals surface area contributed by atoms with Gasteiger partial charge in [-0.05, 0) is 51.0 Å². The minimum Gasteiger partial charge on any atom is -0.356 e. The van der Waals surface area contributed by atoms with Crippen molar-refractivity contribution >= 4 is 33.1 Å². The molecular formula is C22H27N7O3S. The average Bonchev–Trinajstić information content (AvgIpc) is 3.11. The summed E-state index contributed by atoms with van der Waals surface area (Å²) < 4.78 is 27.1. The number of hydrogen-bond donors (Lipinski definition) is 2. The highest BCUT2D eigenvalue weighted by atomic mass is 32.2. The standard InChI is InChI=1S/C22H27N7O3S/c1-15-10-16(2)29(26-15)21-12-20(23-14-24-21)28-9-5-6-17(13-28)22(30)25-18-7-4-8-19(11-18)27-33(3,31)32/h4,7-8,10-12,14,17,27H,5-6,9,13H2,1-3H3,(H,25,30). The first-order valence-corrected chi connectivity index (χ1v) is 12.6. The van der Waals surface area contributed by atoms with Crippen LogP contribution >= 0.6 is 0 Å². The van der Waals surface area contributed by atoms with Gasteiger partial charge in [0, 0.05) is 30.5 Å². The number of amides is 1. The van der Waals surface area contributed by atoms with Gasteiger partial charge in [-0.3, -0.25) is 9.52 Å². The Labute approximate surface area is 193 Å². The minimum absolute atomic E-state index is 0.107. The molecule has 1 saturated heterocycles. The maximum absolute atomic E-state index is 13.0. The van der Waals surface area contributed by atoms with Crippen molar-refractivity contribution in [2.75, 3.05) is 34.3 Å². The number of aryl methyl sites for hydroxylation is 2. The van der Waals surface area contributed by atoms with Gasteiger partial charge >= 0.3 is 0 Å². The molecule has 2 aromatic heterocycles. The van der Waals surface area contributed by atoms with Crippen LogP contribution in [0.4, 0.5) is 17.2 Å². The molecule has 1 aliphatic rings. The average molecular weight is 470 g/mol. The van der Waals surface area contributed by atoms with E-state index in [1.165, 1.54) is 6.33 Å². The molecule has 1 aromatic carbocycles. The highest BCUT2D eigenvalue weighted by molar-refractivity contribution is 7.92. The van der Waals surface area contributed by atoms with Gasteiger partial charge in [-0.1, -0.05) is 6.07 Å². The van der Waals surface area contributed by atoms with Gasteiger partial charge in [0.2, 0.25) is 15.9 Å². The largest absolute Gasteiger partial charge is 0.356 e. The Kier molecular flexibility index (Phi) is 6.32. The number of carbonyl (C=O) groups is 1. The lowest BCUT2D eigenvalue weighted by molar-refractivity contribution is -0.120. The maximum atomic E-state index is 13.0. The van der Waals surface area contributed by atoms with Crippen LogP contribution in [0.5, 0.6) is 0 Å². The lowest BCUT2D eigenvalue weighted by atomic mass is 9.97. The number of nitrogens with zero attached hydrogens (tertiary/aromatic N) is 5. The fourth-order valence-electron chi connectivity index (χ4n) is 4.00. The maximum Gasteiger partial charge on any atom is 0.229 e. The Balaban J connectivity index is 1.46. The third-order valence-corrected chi connectivity index (χ3v) is 6.02. The molecule has 0 saturated carbocycles. The first-order valence-electron chi connectivity index (χ1n) is 10.7. The fraction of sp³-hybridized carbons (Fsp3) is 0.364. The predicted octanol–water partition coefficient (Wildman–Crippen LogP) is 2.51. The molecule has 2 N–H and O–H groups in total. The minimum atomic E-state index is -3.39. The zero-order valence-electron chi connectivity index (χ0n) is 18.8. The van der Waals surface area contributed by atoms with Crippen LogP contribution in [0.1, 0.15) is 24.2 Å². The molecule has 1 amide bonds. The summed E-state index contributed by atoms with van der Waals surface area (Å²) in [4.78, 5) is 23.8. The van der Waals surface area contributed by atoms with E-state index in [2.05, 4.69) is 30.0 Å². The number of anilines is 3. The van der Waals surface area contributed by atoms with E-state index in [0.717, 1.165) is 42.8 Å². The lowest BCUT2D eigenvalue weighted by Crippen LogP contribution is -2.41. The summed E-state index contributed by atoms with van der Waals surface area (Å²) in [7, 11) is -3.39. The number of hydrogen-bond acceptors (Lipinski definition) is 7. The van der Waals surface area contributed by atoms with E-state index in [9.17, 15) is 13.2 Å². The van der Waals surface area contributed by atoms with Gasteiger partial charge in [0.25, 0.3) is 0 Å². The molecule has 10 nitrogen and oxygen atoms in total. The number of sulfonamides is 1. The number of carbonyl (C=O) groups excluding carboxylic acids is 1. The summed E-state index contributed by atoms with van der Waals surface area (Å²) in [6, 6.07) is 10.5. The van der Waals surface area contributed by atoms with E-state index in [1.54, 1.807) is 28.9 Å². The Hall–Kier alpha value is -3.47. The summed E-state index contributed by atoms with van der Waals surface area (Å²) in [5.74, 6) is 1.11. The van der Waals surface area contributed by atoms with Gasteiger partial charge in [0.15, 0.2) is 5.82 Å². The van der Waals surface area contributed by atoms with Crippen LogP contribution in [-0.4, -0.2) is 53.4 Å². The van der Waals surface area contributed by atoms with E-state index < -0.39 is 10.0 Å². The van der Waals surface area contributed by atoms with Crippen molar-refractivity contribution in [1.82, 2.24) is 19.7 Å². The molecular weight excluding hydrogens is 442 g/mol. The van der Waals surface area contributed by atoms with E-state index in [-0.39, 0.29) is 11.8 Å². The van der Waals surface area contributed by atoms with Crippen molar-refractivity contribution in [3.63, 3.8) is 0 Å². The van der Waals surface area contributed by atoms with Crippen molar-refractivity contribution in [3.05, 3.63) is 54.1 Å². The second kappa shape index (κ2) is 9.18. The zero-order chi connectivity index (χ0) is 23.6. The molecule has 33 heavy (non-hydrogen) atoms. The number of nitrogens with one attached hydrogen (secondary N) is 2. The Morgan fingerprint density at radius 2 is 1.85 bits per heavy atom. The Bertz CT molecular complexity index is 1270. The van der Waals surface area contributed by atoms with Gasteiger partial charge in [0.05, 0.1) is 23.6 Å². The Morgan fingerprint density at radius 1 is 1.09 bits per heavy atom. The topological polar surface area (TPSA) is 122 Å². The SMILES string of the molecule is Cc1cc(C)n(-c2cc(N3CCCC(C(=O)Nc4cccc(NS(C)(=O)=O)c4)C3)ncn2)n1. The zero-order valence-corrected chi connectivity index (χ0v) is 19.6. The molecule has 1 aliphatic heterocycles. The van der Waals surface area contributed by atoms with Gasteiger partial charge in [-0.15, -0.1) is 0 Å². The third kappa shape index (κ3) is 5.67. The Morgan fingerprint density at radius 3 is 2.58 bits per heavy atom. The van der Waals surface area contributed by atoms with E-state index in [0.29, 0.717) is 23.7 Å². The van der Waals surface area contributed by atoms with Gasteiger partial charge < -0.3 is 10.2 Å². The second-order valence-electron chi connectivity index (χ2n) is 8.30. The van der Waals surface area contributed by atoms with Crippen LogP contribution < -0.4 is 14.9 Å². The highest BCUT2D eigenvalue weighted by Crippen LogP contribution is 2.25. The number of benzene rings is 1. The smallest absolute Gasteiger partial charge is 0.229 e. The van der Waals surface area contributed by atoms with Crippen LogP contribution in [-0.2, 0) is 14.8 Å². The van der Waals surface area contributed by atoms with Crippen molar-refractivity contribution in [2.45, 2.75) is 26.7 Å². The third-order valence-electron chi connectivity index (χ3n) is 5.41. The molecule has 0 spiro atoms. The van der Waals surface area contributed by atoms with Gasteiger partial charge in [0.1, 0.15) is 12.1 Å². The van der Waals surface area contributed by atoms with Gasteiger partial charge in [-0.25, -0.2) is 23.1 Å². The van der Waals surface area contributed by atoms with E-state index >= 15 is 0 Å². The molecule has 3 heterocycles. The van der Waals surface area contributed by atoms with Crippen molar-refractivity contribution in [2.24, 2.45) is 5.92 Å². The van der Waals surface area contributed by atoms with Crippen molar-refractivity contribution in [1.29, 1.82) is 0 Å². The van der Waals surface area contributed by atoms with Gasteiger partial charge in [-0.2, -0.15) is 5.10 Å². The number of rotatable bonds is 6. The molecule has 4 rings (SSSR count). The number of piperidine rings is 1. The van der Waals surface area contributed by atoms with Crippen LogP contribution in [0.15, 0.2) is 42.7 Å². The monoisotopic (exact) mass is 469 g/mol.